The zero-order valence-electron chi connectivity index (χ0n) is 15.5. The number of hydrogen-bond acceptors (Lipinski definition) is 4. The molecule has 3 rings (SSSR count). The molecule has 0 aliphatic carbocycles. The maximum atomic E-state index is 5.44. The fraction of sp³-hybridized carbons (Fsp3) is 0.333. The minimum absolute atomic E-state index is 0.0491. The van der Waals surface area contributed by atoms with Gasteiger partial charge in [-0.2, -0.15) is 0 Å². The normalized spacial score (nSPS) is 18.3. The van der Waals surface area contributed by atoms with E-state index in [0.29, 0.717) is 0 Å². The van der Waals surface area contributed by atoms with Crippen molar-refractivity contribution in [1.82, 2.24) is 0 Å². The molecule has 0 fully saturated rings. The predicted octanol–water partition coefficient (Wildman–Crippen LogP) is 4.43. The van der Waals surface area contributed by atoms with E-state index in [-0.39, 0.29) is 11.5 Å². The molecule has 1 aliphatic rings. The van der Waals surface area contributed by atoms with Crippen molar-refractivity contribution in [3.8, 4) is 11.5 Å². The Bertz CT molecular complexity index is 783. The van der Waals surface area contributed by atoms with Gasteiger partial charge in [-0.3, -0.25) is 0 Å². The molecule has 0 aromatic heterocycles. The van der Waals surface area contributed by atoms with Crippen molar-refractivity contribution in [2.75, 3.05) is 31.5 Å². The number of para-hydroxylation sites is 1. The lowest BCUT2D eigenvalue weighted by atomic mass is 9.80. The maximum Gasteiger partial charge on any atom is 0.145 e. The van der Waals surface area contributed by atoms with E-state index in [1.54, 1.807) is 14.2 Å². The fourth-order valence-corrected chi connectivity index (χ4v) is 3.64. The predicted molar refractivity (Wildman–Crippen MR) is 104 cm³/mol. The van der Waals surface area contributed by atoms with E-state index >= 15 is 0 Å². The number of methoxy groups -OCH3 is 2. The van der Waals surface area contributed by atoms with Crippen LogP contribution < -0.4 is 19.7 Å². The Kier molecular flexibility index (Phi) is 4.62. The highest BCUT2D eigenvalue weighted by atomic mass is 16.5. The Morgan fingerprint density at radius 2 is 1.84 bits per heavy atom. The van der Waals surface area contributed by atoms with E-state index in [9.17, 15) is 0 Å². The summed E-state index contributed by atoms with van der Waals surface area (Å²) in [5.41, 5.74) is 3.64. The quantitative estimate of drug-likeness (QED) is 0.875. The van der Waals surface area contributed by atoms with Gasteiger partial charge in [-0.1, -0.05) is 32.0 Å². The number of likely N-dealkylation sites (N-methyl/N-ethyl adjacent to an activating group) is 1. The number of benzene rings is 2. The van der Waals surface area contributed by atoms with Crippen molar-refractivity contribution in [3.05, 3.63) is 60.3 Å². The first-order valence-corrected chi connectivity index (χ1v) is 8.46. The standard InChI is InChI=1S/C21H26N2O2/c1-21(2)16-8-6-7-9-18(16)23(3)20(21)12-13-22-17-11-10-15(24-4)14-19(17)25-5/h6-14,20,22H,1-5H3. The topological polar surface area (TPSA) is 33.7 Å². The van der Waals surface area contributed by atoms with Gasteiger partial charge in [-0.15, -0.1) is 0 Å². The van der Waals surface area contributed by atoms with Gasteiger partial charge in [0, 0.05) is 24.2 Å². The van der Waals surface area contributed by atoms with Crippen LogP contribution in [0.15, 0.2) is 54.7 Å². The molecule has 0 amide bonds. The summed E-state index contributed by atoms with van der Waals surface area (Å²) in [6, 6.07) is 14.6. The smallest absolute Gasteiger partial charge is 0.145 e. The minimum Gasteiger partial charge on any atom is -0.497 e. The molecule has 2 aromatic carbocycles. The molecule has 1 aliphatic heterocycles. The van der Waals surface area contributed by atoms with Crippen LogP contribution in [0.1, 0.15) is 19.4 Å². The SMILES string of the molecule is COc1ccc(NC=CC2N(C)c3ccccc3C2(C)C)c(OC)c1. The van der Waals surface area contributed by atoms with Gasteiger partial charge >= 0.3 is 0 Å². The number of nitrogens with zero attached hydrogens (tertiary/aromatic N) is 1. The highest BCUT2D eigenvalue weighted by Crippen LogP contribution is 2.44. The number of anilines is 2. The second kappa shape index (κ2) is 6.71. The first-order chi connectivity index (χ1) is 12.0. The molecule has 2 aromatic rings. The summed E-state index contributed by atoms with van der Waals surface area (Å²) >= 11 is 0. The van der Waals surface area contributed by atoms with Crippen LogP contribution in [0.5, 0.6) is 11.5 Å². The summed E-state index contributed by atoms with van der Waals surface area (Å²) in [6.45, 7) is 4.58. The molecule has 4 heteroatoms. The Morgan fingerprint density at radius 1 is 1.08 bits per heavy atom. The van der Waals surface area contributed by atoms with Crippen LogP contribution in [-0.4, -0.2) is 27.3 Å². The van der Waals surface area contributed by atoms with E-state index < -0.39 is 0 Å². The van der Waals surface area contributed by atoms with Gasteiger partial charge in [0.25, 0.3) is 0 Å². The van der Waals surface area contributed by atoms with Crippen molar-refractivity contribution in [3.63, 3.8) is 0 Å². The van der Waals surface area contributed by atoms with Crippen LogP contribution in [0.3, 0.4) is 0 Å². The molecule has 132 valence electrons. The van der Waals surface area contributed by atoms with E-state index in [1.165, 1.54) is 11.3 Å². The van der Waals surface area contributed by atoms with Crippen LogP contribution >= 0.6 is 0 Å². The number of hydrogen-bond donors (Lipinski definition) is 1. The van der Waals surface area contributed by atoms with Gasteiger partial charge in [-0.25, -0.2) is 0 Å². The first-order valence-electron chi connectivity index (χ1n) is 8.46. The van der Waals surface area contributed by atoms with Crippen LogP contribution in [0.4, 0.5) is 11.4 Å². The zero-order valence-corrected chi connectivity index (χ0v) is 15.5. The van der Waals surface area contributed by atoms with E-state index in [0.717, 1.165) is 17.2 Å². The number of ether oxygens (including phenoxy) is 2. The average Bonchev–Trinajstić information content (AvgIpc) is 2.82. The number of rotatable bonds is 5. The minimum atomic E-state index is 0.0491. The van der Waals surface area contributed by atoms with E-state index in [2.05, 4.69) is 61.5 Å². The summed E-state index contributed by atoms with van der Waals surface area (Å²) in [5, 5.41) is 3.34. The number of nitrogens with one attached hydrogen (secondary N) is 1. The molecular formula is C21H26N2O2. The second-order valence-corrected chi connectivity index (χ2v) is 6.86. The summed E-state index contributed by atoms with van der Waals surface area (Å²) in [6.07, 6.45) is 4.21. The highest BCUT2D eigenvalue weighted by Gasteiger charge is 2.41. The third kappa shape index (κ3) is 3.04. The summed E-state index contributed by atoms with van der Waals surface area (Å²) in [5.74, 6) is 1.53. The fourth-order valence-electron chi connectivity index (χ4n) is 3.64. The molecule has 1 atom stereocenters. The average molecular weight is 338 g/mol. The van der Waals surface area contributed by atoms with Gasteiger partial charge in [0.1, 0.15) is 11.5 Å². The molecule has 4 nitrogen and oxygen atoms in total. The molecule has 0 spiro atoms. The lowest BCUT2D eigenvalue weighted by Gasteiger charge is -2.29. The zero-order chi connectivity index (χ0) is 18.0. The third-order valence-electron chi connectivity index (χ3n) is 5.06. The van der Waals surface area contributed by atoms with Gasteiger partial charge in [-0.05, 0) is 36.0 Å². The van der Waals surface area contributed by atoms with E-state index in [4.69, 9.17) is 9.47 Å². The van der Waals surface area contributed by atoms with E-state index in [1.807, 2.05) is 24.4 Å². The largest absolute Gasteiger partial charge is 0.497 e. The van der Waals surface area contributed by atoms with Gasteiger partial charge in [0.05, 0.1) is 25.9 Å². The van der Waals surface area contributed by atoms with Crippen LogP contribution in [0.25, 0.3) is 0 Å². The lowest BCUT2D eigenvalue weighted by molar-refractivity contribution is 0.395. The van der Waals surface area contributed by atoms with Crippen LogP contribution in [0, 0.1) is 0 Å². The molecule has 1 unspecified atom stereocenters. The molecule has 0 saturated carbocycles. The van der Waals surface area contributed by atoms with Crippen molar-refractivity contribution >= 4 is 11.4 Å². The van der Waals surface area contributed by atoms with Crippen molar-refractivity contribution in [2.24, 2.45) is 0 Å². The second-order valence-electron chi connectivity index (χ2n) is 6.86. The summed E-state index contributed by atoms with van der Waals surface area (Å²) in [7, 11) is 5.46. The Hall–Kier alpha value is -2.62. The van der Waals surface area contributed by atoms with Crippen molar-refractivity contribution in [1.29, 1.82) is 0 Å². The third-order valence-corrected chi connectivity index (χ3v) is 5.06. The molecule has 25 heavy (non-hydrogen) atoms. The number of fused-ring (bicyclic) bond motifs is 1. The van der Waals surface area contributed by atoms with Crippen molar-refractivity contribution < 1.29 is 9.47 Å². The maximum absolute atomic E-state index is 5.44. The molecule has 1 heterocycles. The molecular weight excluding hydrogens is 312 g/mol. The molecule has 0 radical (unpaired) electrons. The summed E-state index contributed by atoms with van der Waals surface area (Å²) in [4.78, 5) is 2.33. The highest BCUT2D eigenvalue weighted by molar-refractivity contribution is 5.65. The van der Waals surface area contributed by atoms with Gasteiger partial charge in [0.15, 0.2) is 0 Å². The van der Waals surface area contributed by atoms with Crippen molar-refractivity contribution in [2.45, 2.75) is 25.3 Å². The Morgan fingerprint density at radius 3 is 2.52 bits per heavy atom. The van der Waals surface area contributed by atoms with Gasteiger partial charge < -0.3 is 19.7 Å². The van der Waals surface area contributed by atoms with Gasteiger partial charge in [0.2, 0.25) is 0 Å². The monoisotopic (exact) mass is 338 g/mol. The van der Waals surface area contributed by atoms with Crippen LogP contribution in [0.2, 0.25) is 0 Å². The molecule has 0 bridgehead atoms. The molecule has 0 saturated heterocycles. The summed E-state index contributed by atoms with van der Waals surface area (Å²) < 4.78 is 10.7. The Balaban J connectivity index is 1.80. The lowest BCUT2D eigenvalue weighted by Crippen LogP contribution is -2.37. The van der Waals surface area contributed by atoms with Crippen LogP contribution in [-0.2, 0) is 5.41 Å². The first kappa shape index (κ1) is 17.2. The molecule has 1 N–H and O–H groups in total. The Labute approximate surface area is 150 Å².